The number of nitrogens with one attached hydrogen (secondary N) is 1. The normalized spacial score (nSPS) is 14.4. The van der Waals surface area contributed by atoms with E-state index < -0.39 is 0 Å². The van der Waals surface area contributed by atoms with Crippen molar-refractivity contribution in [2.75, 3.05) is 19.6 Å². The third-order valence-electron chi connectivity index (χ3n) is 4.17. The van der Waals surface area contributed by atoms with Gasteiger partial charge in [-0.15, -0.1) is 0 Å². The Bertz CT molecular complexity index is 373. The smallest absolute Gasteiger partial charge is 0.0319 e. The van der Waals surface area contributed by atoms with Crippen molar-refractivity contribution in [3.63, 3.8) is 0 Å². The maximum atomic E-state index is 3.78. The number of hydrogen-bond acceptors (Lipinski definition) is 2. The van der Waals surface area contributed by atoms with Crippen LogP contribution in [-0.4, -0.2) is 30.6 Å². The lowest BCUT2D eigenvalue weighted by Gasteiger charge is -2.24. The summed E-state index contributed by atoms with van der Waals surface area (Å²) in [6.45, 7) is 12.6. The van der Waals surface area contributed by atoms with Crippen LogP contribution >= 0.6 is 15.9 Å². The molecule has 0 aliphatic carbocycles. The van der Waals surface area contributed by atoms with Crippen LogP contribution in [-0.2, 0) is 0 Å². The van der Waals surface area contributed by atoms with Crippen LogP contribution in [0.3, 0.4) is 0 Å². The fourth-order valence-electron chi connectivity index (χ4n) is 2.73. The first-order valence-electron chi connectivity index (χ1n) is 8.34. The molecular formula is C18H31BrN2. The van der Waals surface area contributed by atoms with E-state index in [2.05, 4.69) is 78.1 Å². The molecule has 1 rings (SSSR count). The number of benzene rings is 1. The second kappa shape index (κ2) is 10.4. The van der Waals surface area contributed by atoms with E-state index in [1.54, 1.807) is 0 Å². The molecule has 0 fully saturated rings. The van der Waals surface area contributed by atoms with E-state index in [0.29, 0.717) is 12.1 Å². The molecule has 0 radical (unpaired) electrons. The van der Waals surface area contributed by atoms with Gasteiger partial charge < -0.3 is 10.2 Å². The number of halogens is 1. The van der Waals surface area contributed by atoms with Gasteiger partial charge in [0.05, 0.1) is 0 Å². The van der Waals surface area contributed by atoms with Crippen LogP contribution in [0.2, 0.25) is 0 Å². The highest BCUT2D eigenvalue weighted by atomic mass is 79.9. The van der Waals surface area contributed by atoms with Gasteiger partial charge in [-0.25, -0.2) is 0 Å². The van der Waals surface area contributed by atoms with Gasteiger partial charge in [-0.1, -0.05) is 48.8 Å². The summed E-state index contributed by atoms with van der Waals surface area (Å²) in [5.41, 5.74) is 1.39. The average molecular weight is 355 g/mol. The maximum absolute atomic E-state index is 3.78. The Labute approximate surface area is 139 Å². The van der Waals surface area contributed by atoms with Crippen molar-refractivity contribution < 1.29 is 0 Å². The molecule has 21 heavy (non-hydrogen) atoms. The zero-order valence-corrected chi connectivity index (χ0v) is 15.6. The summed E-state index contributed by atoms with van der Waals surface area (Å²) in [5.74, 6) is 0. The van der Waals surface area contributed by atoms with Gasteiger partial charge in [0, 0.05) is 16.6 Å². The van der Waals surface area contributed by atoms with E-state index in [9.17, 15) is 0 Å². The minimum Gasteiger partial charge on any atom is -0.307 e. The van der Waals surface area contributed by atoms with E-state index in [0.717, 1.165) is 24.0 Å². The van der Waals surface area contributed by atoms with Gasteiger partial charge in [0.1, 0.15) is 0 Å². The summed E-state index contributed by atoms with van der Waals surface area (Å²) in [7, 11) is 0. The summed E-state index contributed by atoms with van der Waals surface area (Å²) >= 11 is 3.50. The van der Waals surface area contributed by atoms with Crippen molar-refractivity contribution in [3.8, 4) is 0 Å². The Kier molecular flexibility index (Phi) is 9.21. The fourth-order valence-corrected chi connectivity index (χ4v) is 3.00. The lowest BCUT2D eigenvalue weighted by atomic mass is 10.0. The molecule has 0 saturated heterocycles. The predicted octanol–water partition coefficient (Wildman–Crippen LogP) is 5.00. The summed E-state index contributed by atoms with van der Waals surface area (Å²) in [5, 5.41) is 3.78. The van der Waals surface area contributed by atoms with Crippen molar-refractivity contribution in [2.24, 2.45) is 0 Å². The Hall–Kier alpha value is -0.380. The summed E-state index contributed by atoms with van der Waals surface area (Å²) < 4.78 is 1.15. The van der Waals surface area contributed by atoms with Gasteiger partial charge >= 0.3 is 0 Å². The van der Waals surface area contributed by atoms with E-state index in [1.807, 2.05) is 0 Å². The van der Waals surface area contributed by atoms with Crippen molar-refractivity contribution in [1.29, 1.82) is 0 Å². The lowest BCUT2D eigenvalue weighted by molar-refractivity contribution is 0.287. The van der Waals surface area contributed by atoms with Crippen LogP contribution in [0.25, 0.3) is 0 Å². The van der Waals surface area contributed by atoms with E-state index >= 15 is 0 Å². The lowest BCUT2D eigenvalue weighted by Crippen LogP contribution is -2.31. The SMILES string of the molecule is CCC(NC(C)CCCN(CC)CC)c1ccc(Br)cc1. The third kappa shape index (κ3) is 6.94. The van der Waals surface area contributed by atoms with E-state index in [-0.39, 0.29) is 0 Å². The minimum atomic E-state index is 0.460. The molecule has 0 aliphatic rings. The standard InChI is InChI=1S/C18H31BrN2/c1-5-18(16-10-12-17(19)13-11-16)20-15(4)9-8-14-21(6-2)7-3/h10-13,15,18,20H,5-9,14H2,1-4H3. The van der Waals surface area contributed by atoms with Crippen molar-refractivity contribution >= 4 is 15.9 Å². The van der Waals surface area contributed by atoms with Crippen LogP contribution < -0.4 is 5.32 Å². The van der Waals surface area contributed by atoms with Crippen molar-refractivity contribution in [3.05, 3.63) is 34.3 Å². The van der Waals surface area contributed by atoms with Crippen LogP contribution in [0.1, 0.15) is 58.6 Å². The maximum Gasteiger partial charge on any atom is 0.0319 e. The molecule has 2 nitrogen and oxygen atoms in total. The first-order valence-corrected chi connectivity index (χ1v) is 9.13. The molecule has 0 aromatic heterocycles. The molecule has 2 atom stereocenters. The van der Waals surface area contributed by atoms with Gasteiger partial charge in [-0.3, -0.25) is 0 Å². The molecule has 0 heterocycles. The van der Waals surface area contributed by atoms with E-state index in [4.69, 9.17) is 0 Å². The Morgan fingerprint density at radius 2 is 1.71 bits per heavy atom. The number of nitrogens with zero attached hydrogens (tertiary/aromatic N) is 1. The number of hydrogen-bond donors (Lipinski definition) is 1. The highest BCUT2D eigenvalue weighted by Gasteiger charge is 2.12. The second-order valence-electron chi connectivity index (χ2n) is 5.75. The monoisotopic (exact) mass is 354 g/mol. The second-order valence-corrected chi connectivity index (χ2v) is 6.66. The topological polar surface area (TPSA) is 15.3 Å². The molecule has 120 valence electrons. The van der Waals surface area contributed by atoms with Crippen molar-refractivity contribution in [2.45, 2.75) is 59.0 Å². The minimum absolute atomic E-state index is 0.460. The van der Waals surface area contributed by atoms with Crippen LogP contribution in [0.5, 0.6) is 0 Å². The molecule has 3 heteroatoms. The molecule has 0 spiro atoms. The molecule has 2 unspecified atom stereocenters. The molecular weight excluding hydrogens is 324 g/mol. The molecule has 0 amide bonds. The van der Waals surface area contributed by atoms with E-state index in [1.165, 1.54) is 24.9 Å². The summed E-state index contributed by atoms with van der Waals surface area (Å²) in [6.07, 6.45) is 3.64. The van der Waals surface area contributed by atoms with Gasteiger partial charge in [-0.2, -0.15) is 0 Å². The fraction of sp³-hybridized carbons (Fsp3) is 0.667. The average Bonchev–Trinajstić information content (AvgIpc) is 2.50. The van der Waals surface area contributed by atoms with Crippen molar-refractivity contribution in [1.82, 2.24) is 10.2 Å². The van der Waals surface area contributed by atoms with Gasteiger partial charge in [0.2, 0.25) is 0 Å². The third-order valence-corrected chi connectivity index (χ3v) is 4.70. The first kappa shape index (κ1) is 18.7. The number of rotatable bonds is 10. The molecule has 0 bridgehead atoms. The highest BCUT2D eigenvalue weighted by molar-refractivity contribution is 9.10. The van der Waals surface area contributed by atoms with Crippen LogP contribution in [0.4, 0.5) is 0 Å². The summed E-state index contributed by atoms with van der Waals surface area (Å²) in [6, 6.07) is 9.72. The first-order chi connectivity index (χ1) is 10.1. The Morgan fingerprint density at radius 3 is 2.24 bits per heavy atom. The summed E-state index contributed by atoms with van der Waals surface area (Å²) in [4.78, 5) is 2.50. The quantitative estimate of drug-likeness (QED) is 0.635. The van der Waals surface area contributed by atoms with Crippen LogP contribution in [0.15, 0.2) is 28.7 Å². The highest BCUT2D eigenvalue weighted by Crippen LogP contribution is 2.20. The van der Waals surface area contributed by atoms with Gasteiger partial charge in [-0.05, 0) is 63.5 Å². The largest absolute Gasteiger partial charge is 0.307 e. The molecule has 0 saturated carbocycles. The van der Waals surface area contributed by atoms with Gasteiger partial charge in [0.25, 0.3) is 0 Å². The van der Waals surface area contributed by atoms with Gasteiger partial charge in [0.15, 0.2) is 0 Å². The zero-order valence-electron chi connectivity index (χ0n) is 14.0. The van der Waals surface area contributed by atoms with Crippen LogP contribution in [0, 0.1) is 0 Å². The molecule has 1 aromatic rings. The zero-order chi connectivity index (χ0) is 15.7. The predicted molar refractivity (Wildman–Crippen MR) is 96.8 cm³/mol. The Balaban J connectivity index is 2.40. The Morgan fingerprint density at radius 1 is 1.10 bits per heavy atom. The molecule has 0 aliphatic heterocycles. The molecule has 1 N–H and O–H groups in total. The molecule has 1 aromatic carbocycles.